The van der Waals surface area contributed by atoms with Crippen LogP contribution in [0.5, 0.6) is 0 Å². The Morgan fingerprint density at radius 3 is 2.92 bits per heavy atom. The summed E-state index contributed by atoms with van der Waals surface area (Å²) in [4.78, 5) is 0. The molecule has 0 saturated carbocycles. The second-order valence-corrected chi connectivity index (χ2v) is 4.08. The number of hydrogen-bond donors (Lipinski definition) is 1. The first-order chi connectivity index (χ1) is 5.68. The van der Waals surface area contributed by atoms with Gasteiger partial charge in [-0.2, -0.15) is 0 Å². The van der Waals surface area contributed by atoms with Crippen LogP contribution in [-0.4, -0.2) is 0 Å². The van der Waals surface area contributed by atoms with Crippen molar-refractivity contribution < 1.29 is 0 Å². The maximum Gasteiger partial charge on any atom is 0.0604 e. The largest absolute Gasteiger partial charge is 0.399 e. The van der Waals surface area contributed by atoms with Gasteiger partial charge in [0.25, 0.3) is 0 Å². The van der Waals surface area contributed by atoms with E-state index in [1.807, 2.05) is 6.07 Å². The van der Waals surface area contributed by atoms with Gasteiger partial charge in [-0.25, -0.2) is 0 Å². The van der Waals surface area contributed by atoms with Crippen molar-refractivity contribution >= 4 is 38.7 Å². The lowest BCUT2D eigenvalue weighted by molar-refractivity contribution is 1.60. The average Bonchev–Trinajstić information content (AvgIpc) is 2.33. The van der Waals surface area contributed by atoms with Gasteiger partial charge < -0.3 is 5.73 Å². The van der Waals surface area contributed by atoms with Crippen LogP contribution in [0.4, 0.5) is 5.69 Å². The molecule has 0 unspecified atom stereocenters. The van der Waals surface area contributed by atoms with Crippen LogP contribution in [0, 0.1) is 6.92 Å². The number of rotatable bonds is 0. The Bertz CT molecular complexity index is 433. The summed E-state index contributed by atoms with van der Waals surface area (Å²) in [5.74, 6) is 0. The van der Waals surface area contributed by atoms with Crippen LogP contribution >= 0.6 is 22.9 Å². The summed E-state index contributed by atoms with van der Waals surface area (Å²) in [5, 5.41) is 4.02. The van der Waals surface area contributed by atoms with Gasteiger partial charge >= 0.3 is 0 Å². The van der Waals surface area contributed by atoms with E-state index in [1.54, 1.807) is 17.4 Å². The summed E-state index contributed by atoms with van der Waals surface area (Å²) >= 11 is 7.67. The SMILES string of the molecule is Cc1csc2c(Cl)cc(N)cc12. The summed E-state index contributed by atoms with van der Waals surface area (Å²) in [6, 6.07) is 3.76. The zero-order chi connectivity index (χ0) is 8.72. The smallest absolute Gasteiger partial charge is 0.0604 e. The molecule has 0 spiro atoms. The van der Waals surface area contributed by atoms with Crippen molar-refractivity contribution in [2.45, 2.75) is 6.92 Å². The van der Waals surface area contributed by atoms with E-state index in [2.05, 4.69) is 12.3 Å². The van der Waals surface area contributed by atoms with Gasteiger partial charge in [-0.3, -0.25) is 0 Å². The Morgan fingerprint density at radius 2 is 2.17 bits per heavy atom. The molecule has 0 radical (unpaired) electrons. The molecule has 62 valence electrons. The van der Waals surface area contributed by atoms with Crippen LogP contribution in [0.25, 0.3) is 10.1 Å². The molecule has 0 fully saturated rings. The van der Waals surface area contributed by atoms with Crippen LogP contribution in [0.1, 0.15) is 5.56 Å². The van der Waals surface area contributed by atoms with E-state index in [1.165, 1.54) is 10.9 Å². The van der Waals surface area contributed by atoms with Gasteiger partial charge in [-0.15, -0.1) is 11.3 Å². The van der Waals surface area contributed by atoms with Crippen molar-refractivity contribution in [3.05, 3.63) is 28.1 Å². The fourth-order valence-corrected chi connectivity index (χ4v) is 2.54. The Hall–Kier alpha value is -0.730. The highest BCUT2D eigenvalue weighted by Crippen LogP contribution is 2.33. The summed E-state index contributed by atoms with van der Waals surface area (Å²) in [5.41, 5.74) is 7.64. The molecule has 0 atom stereocenters. The Labute approximate surface area is 79.8 Å². The molecule has 3 heteroatoms. The molecule has 1 aromatic heterocycles. The number of hydrogen-bond acceptors (Lipinski definition) is 2. The number of nitrogen functional groups attached to an aromatic ring is 1. The van der Waals surface area contributed by atoms with Crippen molar-refractivity contribution in [1.29, 1.82) is 0 Å². The number of halogens is 1. The third-order valence-electron chi connectivity index (χ3n) is 1.84. The standard InChI is InChI=1S/C9H8ClNS/c1-5-4-12-9-7(5)2-6(11)3-8(9)10/h2-4H,11H2,1H3. The van der Waals surface area contributed by atoms with Crippen LogP contribution < -0.4 is 5.73 Å². The summed E-state index contributed by atoms with van der Waals surface area (Å²) in [6.07, 6.45) is 0. The number of nitrogens with two attached hydrogens (primary N) is 1. The van der Waals surface area contributed by atoms with Crippen molar-refractivity contribution in [2.24, 2.45) is 0 Å². The predicted octanol–water partition coefficient (Wildman–Crippen LogP) is 3.45. The highest BCUT2D eigenvalue weighted by Gasteiger charge is 2.04. The number of aryl methyl sites for hydroxylation is 1. The van der Waals surface area contributed by atoms with Crippen molar-refractivity contribution in [3.8, 4) is 0 Å². The molecular formula is C9H8ClNS. The number of thiophene rings is 1. The normalized spacial score (nSPS) is 10.8. The van der Waals surface area contributed by atoms with E-state index < -0.39 is 0 Å². The first-order valence-electron chi connectivity index (χ1n) is 3.61. The minimum Gasteiger partial charge on any atom is -0.399 e. The topological polar surface area (TPSA) is 26.0 Å². The maximum absolute atomic E-state index is 6.01. The fraction of sp³-hybridized carbons (Fsp3) is 0.111. The third kappa shape index (κ3) is 1.08. The Balaban J connectivity index is 2.92. The number of anilines is 1. The molecule has 1 nitrogen and oxygen atoms in total. The van der Waals surface area contributed by atoms with E-state index in [-0.39, 0.29) is 0 Å². The lowest BCUT2D eigenvalue weighted by Gasteiger charge is -1.97. The molecule has 12 heavy (non-hydrogen) atoms. The fourth-order valence-electron chi connectivity index (χ4n) is 1.24. The zero-order valence-electron chi connectivity index (χ0n) is 6.60. The van der Waals surface area contributed by atoms with Crippen LogP contribution in [-0.2, 0) is 0 Å². The van der Waals surface area contributed by atoms with Crippen LogP contribution in [0.3, 0.4) is 0 Å². The van der Waals surface area contributed by atoms with E-state index in [9.17, 15) is 0 Å². The van der Waals surface area contributed by atoms with Gasteiger partial charge in [0.1, 0.15) is 0 Å². The number of fused-ring (bicyclic) bond motifs is 1. The van der Waals surface area contributed by atoms with Gasteiger partial charge in [0.2, 0.25) is 0 Å². The molecule has 2 N–H and O–H groups in total. The molecule has 1 heterocycles. The molecule has 0 aliphatic rings. The van der Waals surface area contributed by atoms with Gasteiger partial charge in [-0.1, -0.05) is 11.6 Å². The van der Waals surface area contributed by atoms with Crippen molar-refractivity contribution in [2.75, 3.05) is 5.73 Å². The lowest BCUT2D eigenvalue weighted by Crippen LogP contribution is -1.83. The predicted molar refractivity (Wildman–Crippen MR) is 56.0 cm³/mol. The van der Waals surface area contributed by atoms with Gasteiger partial charge in [0.05, 0.1) is 9.72 Å². The van der Waals surface area contributed by atoms with Crippen molar-refractivity contribution in [1.82, 2.24) is 0 Å². The van der Waals surface area contributed by atoms with E-state index in [0.717, 1.165) is 15.4 Å². The average molecular weight is 198 g/mol. The quantitative estimate of drug-likeness (QED) is 0.644. The molecule has 0 amide bonds. The minimum absolute atomic E-state index is 0.731. The monoisotopic (exact) mass is 197 g/mol. The first-order valence-corrected chi connectivity index (χ1v) is 4.87. The van der Waals surface area contributed by atoms with Crippen molar-refractivity contribution in [3.63, 3.8) is 0 Å². The highest BCUT2D eigenvalue weighted by atomic mass is 35.5. The second-order valence-electron chi connectivity index (χ2n) is 2.80. The van der Waals surface area contributed by atoms with Gasteiger partial charge in [-0.05, 0) is 35.4 Å². The molecular weight excluding hydrogens is 190 g/mol. The van der Waals surface area contributed by atoms with E-state index in [0.29, 0.717) is 0 Å². The molecule has 0 saturated heterocycles. The van der Waals surface area contributed by atoms with Crippen LogP contribution in [0.15, 0.2) is 17.5 Å². The molecule has 2 rings (SSSR count). The summed E-state index contributed by atoms with van der Waals surface area (Å²) in [7, 11) is 0. The van der Waals surface area contributed by atoms with E-state index >= 15 is 0 Å². The molecule has 0 aliphatic carbocycles. The first kappa shape index (κ1) is 7.90. The molecule has 0 aliphatic heterocycles. The second kappa shape index (κ2) is 2.64. The van der Waals surface area contributed by atoms with E-state index in [4.69, 9.17) is 17.3 Å². The molecule has 2 aromatic rings. The van der Waals surface area contributed by atoms with Gasteiger partial charge in [0, 0.05) is 5.69 Å². The Morgan fingerprint density at radius 1 is 1.42 bits per heavy atom. The highest BCUT2D eigenvalue weighted by molar-refractivity contribution is 7.18. The third-order valence-corrected chi connectivity index (χ3v) is 3.40. The molecule has 0 bridgehead atoms. The summed E-state index contributed by atoms with van der Waals surface area (Å²) in [6.45, 7) is 2.06. The van der Waals surface area contributed by atoms with Gasteiger partial charge in [0.15, 0.2) is 0 Å². The molecule has 1 aromatic carbocycles. The minimum atomic E-state index is 0.731. The zero-order valence-corrected chi connectivity index (χ0v) is 8.17. The van der Waals surface area contributed by atoms with Crippen LogP contribution in [0.2, 0.25) is 5.02 Å². The maximum atomic E-state index is 6.01. The number of benzene rings is 1. The lowest BCUT2D eigenvalue weighted by atomic mass is 10.2. The Kier molecular flexibility index (Phi) is 1.74. The summed E-state index contributed by atoms with van der Waals surface area (Å²) < 4.78 is 1.13.